The summed E-state index contributed by atoms with van der Waals surface area (Å²) in [5, 5.41) is 11.1. The van der Waals surface area contributed by atoms with Gasteiger partial charge in [-0.05, 0) is 25.0 Å². The highest BCUT2D eigenvalue weighted by molar-refractivity contribution is 5.76. The molecule has 3 rings (SSSR count). The lowest BCUT2D eigenvalue weighted by Gasteiger charge is -2.16. The molecule has 0 aliphatic carbocycles. The van der Waals surface area contributed by atoms with E-state index in [2.05, 4.69) is 15.3 Å². The Balaban J connectivity index is 1.60. The maximum absolute atomic E-state index is 12.2. The Labute approximate surface area is 111 Å². The average molecular weight is 259 g/mol. The molecule has 0 aromatic carbocycles. The summed E-state index contributed by atoms with van der Waals surface area (Å²) in [6.45, 7) is 3.87. The molecule has 6 nitrogen and oxygen atoms in total. The molecule has 0 saturated carbocycles. The van der Waals surface area contributed by atoms with E-state index in [1.165, 1.54) is 0 Å². The number of aryl methyl sites for hydroxylation is 1. The van der Waals surface area contributed by atoms with Crippen molar-refractivity contribution in [2.45, 2.75) is 25.8 Å². The monoisotopic (exact) mass is 259 g/mol. The molecule has 2 aromatic heterocycles. The average Bonchev–Trinajstić information content (AvgIpc) is 3.08. The van der Waals surface area contributed by atoms with Crippen molar-refractivity contribution in [2.24, 2.45) is 0 Å². The number of likely N-dealkylation sites (tertiary alicyclic amines) is 1. The van der Waals surface area contributed by atoms with Crippen LogP contribution in [0, 0.1) is 6.92 Å². The Morgan fingerprint density at radius 3 is 3.16 bits per heavy atom. The molecular formula is C13H17N5O. The van der Waals surface area contributed by atoms with Crippen LogP contribution < -0.4 is 0 Å². The molecule has 0 spiro atoms. The van der Waals surface area contributed by atoms with Crippen molar-refractivity contribution in [2.75, 3.05) is 13.1 Å². The Kier molecular flexibility index (Phi) is 3.06. The summed E-state index contributed by atoms with van der Waals surface area (Å²) in [7, 11) is 0. The van der Waals surface area contributed by atoms with Crippen LogP contribution in [0.5, 0.6) is 0 Å². The van der Waals surface area contributed by atoms with Crippen LogP contribution in [-0.4, -0.2) is 43.9 Å². The van der Waals surface area contributed by atoms with Gasteiger partial charge in [-0.15, -0.1) is 0 Å². The summed E-state index contributed by atoms with van der Waals surface area (Å²) in [5.41, 5.74) is 2.19. The van der Waals surface area contributed by atoms with Crippen LogP contribution in [0.1, 0.15) is 23.6 Å². The van der Waals surface area contributed by atoms with Crippen LogP contribution in [0.25, 0.3) is 0 Å². The SMILES string of the molecule is Cc1cnn(CC(=O)N2CCC(c3ccn[nH]3)C2)c1. The highest BCUT2D eigenvalue weighted by Crippen LogP contribution is 2.25. The molecular weight excluding hydrogens is 242 g/mol. The standard InChI is InChI=1S/C13H17N5O/c1-10-6-15-18(7-10)9-13(19)17-5-3-11(8-17)12-2-4-14-16-12/h2,4,6-7,11H,3,5,8-9H2,1H3,(H,14,16). The predicted molar refractivity (Wildman–Crippen MR) is 69.5 cm³/mol. The third-order valence-corrected chi connectivity index (χ3v) is 3.56. The molecule has 1 unspecified atom stereocenters. The Hall–Kier alpha value is -2.11. The number of rotatable bonds is 3. The Morgan fingerprint density at radius 2 is 2.47 bits per heavy atom. The van der Waals surface area contributed by atoms with Crippen LogP contribution in [0.2, 0.25) is 0 Å². The Morgan fingerprint density at radius 1 is 1.58 bits per heavy atom. The highest BCUT2D eigenvalue weighted by Gasteiger charge is 2.28. The molecule has 2 aromatic rings. The largest absolute Gasteiger partial charge is 0.340 e. The predicted octanol–water partition coefficient (Wildman–Crippen LogP) is 0.931. The van der Waals surface area contributed by atoms with Crippen molar-refractivity contribution in [3.05, 3.63) is 35.9 Å². The van der Waals surface area contributed by atoms with Crippen molar-refractivity contribution in [1.29, 1.82) is 0 Å². The van der Waals surface area contributed by atoms with E-state index in [9.17, 15) is 4.79 Å². The van der Waals surface area contributed by atoms with Gasteiger partial charge in [0.1, 0.15) is 6.54 Å². The highest BCUT2D eigenvalue weighted by atomic mass is 16.2. The second kappa shape index (κ2) is 4.87. The number of carbonyl (C=O) groups excluding carboxylic acids is 1. The van der Waals surface area contributed by atoms with Gasteiger partial charge in [0.05, 0.1) is 6.20 Å². The molecule has 19 heavy (non-hydrogen) atoms. The number of nitrogens with zero attached hydrogens (tertiary/aromatic N) is 4. The molecule has 1 fully saturated rings. The van der Waals surface area contributed by atoms with Gasteiger partial charge in [0.2, 0.25) is 5.91 Å². The van der Waals surface area contributed by atoms with Gasteiger partial charge in [0.25, 0.3) is 0 Å². The zero-order chi connectivity index (χ0) is 13.2. The number of amides is 1. The van der Waals surface area contributed by atoms with Gasteiger partial charge in [-0.2, -0.15) is 10.2 Å². The first-order valence-corrected chi connectivity index (χ1v) is 6.48. The first kappa shape index (κ1) is 12.0. The number of H-pyrrole nitrogens is 1. The zero-order valence-corrected chi connectivity index (χ0v) is 10.9. The van der Waals surface area contributed by atoms with E-state index < -0.39 is 0 Å². The number of nitrogens with one attached hydrogen (secondary N) is 1. The minimum Gasteiger partial charge on any atom is -0.340 e. The van der Waals surface area contributed by atoms with Crippen molar-refractivity contribution in [3.8, 4) is 0 Å². The summed E-state index contributed by atoms with van der Waals surface area (Å²) < 4.78 is 1.70. The normalized spacial score (nSPS) is 19.0. The van der Waals surface area contributed by atoms with E-state index in [4.69, 9.17) is 0 Å². The van der Waals surface area contributed by atoms with Crippen LogP contribution in [0.4, 0.5) is 0 Å². The topological polar surface area (TPSA) is 66.8 Å². The molecule has 6 heteroatoms. The fourth-order valence-electron chi connectivity index (χ4n) is 2.53. The minimum atomic E-state index is 0.130. The summed E-state index contributed by atoms with van der Waals surface area (Å²) in [4.78, 5) is 14.1. The molecule has 0 radical (unpaired) electrons. The van der Waals surface area contributed by atoms with Crippen LogP contribution in [0.3, 0.4) is 0 Å². The third kappa shape index (κ3) is 2.52. The smallest absolute Gasteiger partial charge is 0.244 e. The molecule has 0 bridgehead atoms. The minimum absolute atomic E-state index is 0.130. The molecule has 1 aliphatic rings. The van der Waals surface area contributed by atoms with Gasteiger partial charge in [-0.3, -0.25) is 14.6 Å². The molecule has 1 saturated heterocycles. The second-order valence-electron chi connectivity index (χ2n) is 5.05. The molecule has 1 amide bonds. The second-order valence-corrected chi connectivity index (χ2v) is 5.05. The number of carbonyl (C=O) groups is 1. The maximum atomic E-state index is 12.2. The lowest BCUT2D eigenvalue weighted by Crippen LogP contribution is -2.31. The van der Waals surface area contributed by atoms with Crippen molar-refractivity contribution in [1.82, 2.24) is 24.9 Å². The lowest BCUT2D eigenvalue weighted by molar-refractivity contribution is -0.131. The third-order valence-electron chi connectivity index (χ3n) is 3.56. The maximum Gasteiger partial charge on any atom is 0.244 e. The molecule has 1 atom stereocenters. The summed E-state index contributed by atoms with van der Waals surface area (Å²) in [5.74, 6) is 0.510. The fourth-order valence-corrected chi connectivity index (χ4v) is 2.53. The van der Waals surface area contributed by atoms with E-state index in [1.807, 2.05) is 24.1 Å². The van der Waals surface area contributed by atoms with Gasteiger partial charge in [0, 0.05) is 37.1 Å². The number of hydrogen-bond acceptors (Lipinski definition) is 3. The van der Waals surface area contributed by atoms with Crippen molar-refractivity contribution in [3.63, 3.8) is 0 Å². The summed E-state index contributed by atoms with van der Waals surface area (Å²) in [6, 6.07) is 1.98. The number of hydrogen-bond donors (Lipinski definition) is 1. The van der Waals surface area contributed by atoms with E-state index >= 15 is 0 Å². The van der Waals surface area contributed by atoms with E-state index in [0.717, 1.165) is 30.8 Å². The molecule has 3 heterocycles. The number of aromatic amines is 1. The van der Waals surface area contributed by atoms with Crippen molar-refractivity contribution >= 4 is 5.91 Å². The molecule has 1 aliphatic heterocycles. The van der Waals surface area contributed by atoms with Gasteiger partial charge in [-0.25, -0.2) is 0 Å². The van der Waals surface area contributed by atoms with Gasteiger partial charge in [0.15, 0.2) is 0 Å². The zero-order valence-electron chi connectivity index (χ0n) is 10.9. The fraction of sp³-hybridized carbons (Fsp3) is 0.462. The lowest BCUT2D eigenvalue weighted by atomic mass is 10.1. The first-order valence-electron chi connectivity index (χ1n) is 6.48. The summed E-state index contributed by atoms with van der Waals surface area (Å²) >= 11 is 0. The van der Waals surface area contributed by atoms with Crippen molar-refractivity contribution < 1.29 is 4.79 Å². The van der Waals surface area contributed by atoms with Crippen LogP contribution in [0.15, 0.2) is 24.7 Å². The van der Waals surface area contributed by atoms with Gasteiger partial charge in [-0.1, -0.05) is 0 Å². The van der Waals surface area contributed by atoms with Gasteiger partial charge < -0.3 is 4.90 Å². The van der Waals surface area contributed by atoms with Crippen LogP contribution >= 0.6 is 0 Å². The first-order chi connectivity index (χ1) is 9.22. The molecule has 100 valence electrons. The number of aromatic nitrogens is 4. The van der Waals surface area contributed by atoms with Crippen LogP contribution in [-0.2, 0) is 11.3 Å². The summed E-state index contributed by atoms with van der Waals surface area (Å²) in [6.07, 6.45) is 6.41. The van der Waals surface area contributed by atoms with Gasteiger partial charge >= 0.3 is 0 Å². The van der Waals surface area contributed by atoms with E-state index in [1.54, 1.807) is 17.1 Å². The van der Waals surface area contributed by atoms with E-state index in [0.29, 0.717) is 12.5 Å². The van der Waals surface area contributed by atoms with E-state index in [-0.39, 0.29) is 5.91 Å². The Bertz CT molecular complexity index is 559. The molecule has 1 N–H and O–H groups in total. The quantitative estimate of drug-likeness (QED) is 0.891.